The molecule has 2 amide bonds. The molecular formula is C17H26N4O4. The average molecular weight is 350 g/mol. The lowest BCUT2D eigenvalue weighted by Crippen LogP contribution is -2.56. The highest BCUT2D eigenvalue weighted by Crippen LogP contribution is 2.13. The van der Waals surface area contributed by atoms with Gasteiger partial charge in [0, 0.05) is 0 Å². The number of carboxylic acids is 1. The van der Waals surface area contributed by atoms with Crippen LogP contribution in [-0.4, -0.2) is 53.0 Å². The zero-order valence-corrected chi connectivity index (χ0v) is 14.1. The Morgan fingerprint density at radius 2 is 1.72 bits per heavy atom. The summed E-state index contributed by atoms with van der Waals surface area (Å²) in [6.07, 6.45) is 1.38. The van der Waals surface area contributed by atoms with Crippen molar-refractivity contribution in [3.8, 4) is 0 Å². The number of amides is 2. The third kappa shape index (κ3) is 6.26. The number of rotatable bonds is 10. The van der Waals surface area contributed by atoms with Gasteiger partial charge in [-0.25, -0.2) is 4.79 Å². The number of hydrogen-bond donors (Lipinski definition) is 4. The Morgan fingerprint density at radius 1 is 1.08 bits per heavy atom. The fraction of sp³-hybridized carbons (Fsp3) is 0.471. The predicted molar refractivity (Wildman–Crippen MR) is 93.4 cm³/mol. The van der Waals surface area contributed by atoms with E-state index in [9.17, 15) is 19.5 Å². The fourth-order valence-electron chi connectivity index (χ4n) is 2.53. The molecule has 1 rings (SSSR count). The lowest BCUT2D eigenvalue weighted by atomic mass is 10.0. The SMILES string of the molecule is NCCCCC(C(=O)O)N(C(=O)CN)C(=O)C(N)Cc1ccccc1. The largest absolute Gasteiger partial charge is 0.480 e. The molecule has 0 spiro atoms. The van der Waals surface area contributed by atoms with Crippen molar-refractivity contribution >= 4 is 17.8 Å². The topological polar surface area (TPSA) is 153 Å². The van der Waals surface area contributed by atoms with Gasteiger partial charge < -0.3 is 22.3 Å². The minimum Gasteiger partial charge on any atom is -0.480 e. The average Bonchev–Trinajstić information content (AvgIpc) is 2.60. The van der Waals surface area contributed by atoms with E-state index in [-0.39, 0.29) is 12.8 Å². The maximum absolute atomic E-state index is 12.7. The van der Waals surface area contributed by atoms with Crippen molar-refractivity contribution in [1.29, 1.82) is 0 Å². The second kappa shape index (κ2) is 10.5. The number of nitrogens with two attached hydrogens (primary N) is 3. The van der Waals surface area contributed by atoms with E-state index >= 15 is 0 Å². The molecule has 0 aromatic heterocycles. The Balaban J connectivity index is 2.96. The number of aliphatic carboxylic acids is 1. The minimum absolute atomic E-state index is 0.113. The lowest BCUT2D eigenvalue weighted by Gasteiger charge is -2.29. The smallest absolute Gasteiger partial charge is 0.326 e. The lowest BCUT2D eigenvalue weighted by molar-refractivity contribution is -0.158. The summed E-state index contributed by atoms with van der Waals surface area (Å²) in [6.45, 7) is -0.0664. The molecule has 0 bridgehead atoms. The maximum Gasteiger partial charge on any atom is 0.326 e. The molecule has 25 heavy (non-hydrogen) atoms. The van der Waals surface area contributed by atoms with Gasteiger partial charge in [0.1, 0.15) is 6.04 Å². The summed E-state index contributed by atoms with van der Waals surface area (Å²) < 4.78 is 0. The van der Waals surface area contributed by atoms with Crippen LogP contribution in [0.2, 0.25) is 0 Å². The predicted octanol–water partition coefficient (Wildman–Crippen LogP) is -0.547. The standard InChI is InChI=1S/C17H26N4O4/c18-9-5-4-8-14(17(24)25)21(15(22)11-19)16(23)13(20)10-12-6-2-1-3-7-12/h1-3,6-7,13-14H,4-5,8-11,18-20H2,(H,24,25). The first-order chi connectivity index (χ1) is 11.9. The normalized spacial score (nSPS) is 13.1. The molecule has 1 aromatic rings. The summed E-state index contributed by atoms with van der Waals surface area (Å²) >= 11 is 0. The van der Waals surface area contributed by atoms with Crippen molar-refractivity contribution < 1.29 is 19.5 Å². The molecule has 2 atom stereocenters. The molecule has 0 radical (unpaired) electrons. The summed E-state index contributed by atoms with van der Waals surface area (Å²) in [4.78, 5) is 37.1. The highest BCUT2D eigenvalue weighted by atomic mass is 16.4. The van der Waals surface area contributed by atoms with Gasteiger partial charge in [0.05, 0.1) is 12.6 Å². The molecule has 0 aliphatic carbocycles. The molecule has 0 aliphatic heterocycles. The van der Waals surface area contributed by atoms with Crippen LogP contribution in [0, 0.1) is 0 Å². The zero-order chi connectivity index (χ0) is 18.8. The first-order valence-corrected chi connectivity index (χ1v) is 8.20. The Morgan fingerprint density at radius 3 is 2.24 bits per heavy atom. The molecule has 8 nitrogen and oxygen atoms in total. The number of unbranched alkanes of at least 4 members (excludes halogenated alkanes) is 1. The van der Waals surface area contributed by atoms with E-state index in [0.29, 0.717) is 24.3 Å². The molecule has 0 fully saturated rings. The van der Waals surface area contributed by atoms with E-state index in [0.717, 1.165) is 5.56 Å². The van der Waals surface area contributed by atoms with Gasteiger partial charge in [0.25, 0.3) is 0 Å². The van der Waals surface area contributed by atoms with Crippen LogP contribution in [-0.2, 0) is 20.8 Å². The van der Waals surface area contributed by atoms with Crippen molar-refractivity contribution in [2.75, 3.05) is 13.1 Å². The van der Waals surface area contributed by atoms with Gasteiger partial charge >= 0.3 is 5.97 Å². The van der Waals surface area contributed by atoms with Crippen LogP contribution in [0.3, 0.4) is 0 Å². The van der Waals surface area contributed by atoms with E-state index in [2.05, 4.69) is 0 Å². The Kier molecular flexibility index (Phi) is 8.76. The number of hydrogen-bond acceptors (Lipinski definition) is 6. The van der Waals surface area contributed by atoms with Gasteiger partial charge in [-0.3, -0.25) is 14.5 Å². The van der Waals surface area contributed by atoms with Gasteiger partial charge in [0.2, 0.25) is 11.8 Å². The van der Waals surface area contributed by atoms with Crippen molar-refractivity contribution in [3.05, 3.63) is 35.9 Å². The van der Waals surface area contributed by atoms with Crippen molar-refractivity contribution in [3.63, 3.8) is 0 Å². The van der Waals surface area contributed by atoms with Crippen LogP contribution in [0.15, 0.2) is 30.3 Å². The fourth-order valence-corrected chi connectivity index (χ4v) is 2.53. The van der Waals surface area contributed by atoms with E-state index in [4.69, 9.17) is 17.2 Å². The number of carbonyl (C=O) groups excluding carboxylic acids is 2. The summed E-state index contributed by atoms with van der Waals surface area (Å²) in [6, 6.07) is 6.73. The van der Waals surface area contributed by atoms with Crippen molar-refractivity contribution in [2.24, 2.45) is 17.2 Å². The first-order valence-electron chi connectivity index (χ1n) is 8.20. The number of benzene rings is 1. The third-order valence-corrected chi connectivity index (χ3v) is 3.82. The second-order valence-corrected chi connectivity index (χ2v) is 5.74. The number of nitrogens with zero attached hydrogens (tertiary/aromatic N) is 1. The van der Waals surface area contributed by atoms with Gasteiger partial charge in [-0.15, -0.1) is 0 Å². The molecule has 2 unspecified atom stereocenters. The molecule has 138 valence electrons. The highest BCUT2D eigenvalue weighted by Gasteiger charge is 2.36. The van der Waals surface area contributed by atoms with Crippen LogP contribution < -0.4 is 17.2 Å². The molecular weight excluding hydrogens is 324 g/mol. The van der Waals surface area contributed by atoms with Gasteiger partial charge in [-0.05, 0) is 37.8 Å². The molecule has 0 saturated carbocycles. The van der Waals surface area contributed by atoms with Crippen LogP contribution in [0.5, 0.6) is 0 Å². The molecule has 7 N–H and O–H groups in total. The van der Waals surface area contributed by atoms with Gasteiger partial charge in [0.15, 0.2) is 0 Å². The molecule has 0 aliphatic rings. The van der Waals surface area contributed by atoms with E-state index in [1.165, 1.54) is 0 Å². The summed E-state index contributed by atoms with van der Waals surface area (Å²) in [7, 11) is 0. The van der Waals surface area contributed by atoms with Crippen LogP contribution in [0.1, 0.15) is 24.8 Å². The van der Waals surface area contributed by atoms with Crippen LogP contribution >= 0.6 is 0 Å². The Labute approximate surface area is 147 Å². The quantitative estimate of drug-likeness (QED) is 0.413. The number of carbonyl (C=O) groups is 3. The van der Waals surface area contributed by atoms with Gasteiger partial charge in [-0.2, -0.15) is 0 Å². The van der Waals surface area contributed by atoms with Crippen molar-refractivity contribution in [1.82, 2.24) is 4.90 Å². The summed E-state index contributed by atoms with van der Waals surface area (Å²) in [5, 5.41) is 9.45. The van der Waals surface area contributed by atoms with Crippen LogP contribution in [0.25, 0.3) is 0 Å². The first kappa shape index (κ1) is 20.8. The number of carboxylic acid groups (broad SMARTS) is 1. The third-order valence-electron chi connectivity index (χ3n) is 3.82. The molecule has 0 heterocycles. The Bertz CT molecular complexity index is 579. The molecule has 8 heteroatoms. The Hall–Kier alpha value is -2.29. The van der Waals surface area contributed by atoms with E-state index in [1.54, 1.807) is 12.1 Å². The monoisotopic (exact) mass is 350 g/mol. The van der Waals surface area contributed by atoms with Crippen molar-refractivity contribution in [2.45, 2.75) is 37.8 Å². The maximum atomic E-state index is 12.7. The molecule has 1 aromatic carbocycles. The van der Waals surface area contributed by atoms with E-state index in [1.807, 2.05) is 18.2 Å². The van der Waals surface area contributed by atoms with E-state index < -0.39 is 36.4 Å². The summed E-state index contributed by atoms with van der Waals surface area (Å²) in [5.41, 5.74) is 17.5. The minimum atomic E-state index is -1.29. The summed E-state index contributed by atoms with van der Waals surface area (Å²) in [5.74, 6) is -2.76. The number of imide groups is 1. The molecule has 0 saturated heterocycles. The highest BCUT2D eigenvalue weighted by molar-refractivity contribution is 6.02. The van der Waals surface area contributed by atoms with Gasteiger partial charge in [-0.1, -0.05) is 30.3 Å². The zero-order valence-electron chi connectivity index (χ0n) is 14.1. The second-order valence-electron chi connectivity index (χ2n) is 5.74. The van der Waals surface area contributed by atoms with Crippen LogP contribution in [0.4, 0.5) is 0 Å².